The number of aromatic amines is 1. The number of carbonyl (C=O) groups excluding carboxylic acids is 1. The molecule has 0 radical (unpaired) electrons. The lowest BCUT2D eigenvalue weighted by molar-refractivity contribution is -0.123. The number of benzene rings is 3. The second-order valence-electron chi connectivity index (χ2n) is 7.89. The van der Waals surface area contributed by atoms with E-state index in [0.29, 0.717) is 5.75 Å². The zero-order valence-electron chi connectivity index (χ0n) is 17.6. The van der Waals surface area contributed by atoms with Gasteiger partial charge >= 0.3 is 0 Å². The van der Waals surface area contributed by atoms with Crippen LogP contribution in [-0.4, -0.2) is 23.7 Å². The molecule has 5 nitrogen and oxygen atoms in total. The Balaban J connectivity index is 1.31. The predicted molar refractivity (Wildman–Crippen MR) is 125 cm³/mol. The maximum Gasteiger partial charge on any atom is 0.277 e. The van der Waals surface area contributed by atoms with E-state index >= 15 is 0 Å². The number of para-hydroxylation sites is 1. The molecule has 1 heterocycles. The average Bonchev–Trinajstić information content (AvgIpc) is 3.22. The van der Waals surface area contributed by atoms with Crippen LogP contribution in [0.15, 0.2) is 90.2 Å². The van der Waals surface area contributed by atoms with Crippen LogP contribution in [0.3, 0.4) is 0 Å². The number of carbonyl (C=O) groups is 1. The summed E-state index contributed by atoms with van der Waals surface area (Å²) in [7, 11) is 0. The van der Waals surface area contributed by atoms with Crippen molar-refractivity contribution in [1.82, 2.24) is 10.4 Å². The van der Waals surface area contributed by atoms with Crippen LogP contribution in [0.5, 0.6) is 5.75 Å². The molecule has 2 N–H and O–H groups in total. The van der Waals surface area contributed by atoms with Crippen molar-refractivity contribution in [3.05, 3.63) is 102 Å². The number of hydrazone groups is 1. The Morgan fingerprint density at radius 3 is 2.42 bits per heavy atom. The largest absolute Gasteiger partial charge is 0.484 e. The van der Waals surface area contributed by atoms with E-state index in [4.69, 9.17) is 4.74 Å². The first kappa shape index (κ1) is 20.4. The van der Waals surface area contributed by atoms with Gasteiger partial charge in [-0.2, -0.15) is 5.10 Å². The van der Waals surface area contributed by atoms with Crippen molar-refractivity contribution in [1.29, 1.82) is 0 Å². The second-order valence-corrected chi connectivity index (χ2v) is 7.89. The number of H-pyrrole nitrogens is 1. The minimum atomic E-state index is -0.315. The standard InChI is InChI=1S/C26H25N3O2/c1-26(2,20-8-4-3-5-9-20)21-12-14-22(15-13-21)31-18-25(30)29-28-17-19-16-27-24-11-7-6-10-23(19)24/h3-17,27H,18H2,1-2H3,(H,29,30). The Hall–Kier alpha value is -3.86. The molecule has 0 unspecified atom stereocenters. The van der Waals surface area contributed by atoms with Gasteiger partial charge in [-0.3, -0.25) is 4.79 Å². The molecule has 0 aliphatic rings. The van der Waals surface area contributed by atoms with E-state index in [1.165, 1.54) is 11.1 Å². The van der Waals surface area contributed by atoms with Gasteiger partial charge in [0.2, 0.25) is 0 Å². The molecule has 0 saturated heterocycles. The molecule has 1 amide bonds. The molecule has 0 atom stereocenters. The first-order valence-electron chi connectivity index (χ1n) is 10.2. The summed E-state index contributed by atoms with van der Waals surface area (Å²) in [5.74, 6) is 0.327. The van der Waals surface area contributed by atoms with Crippen LogP contribution in [0.4, 0.5) is 0 Å². The number of fused-ring (bicyclic) bond motifs is 1. The lowest BCUT2D eigenvalue weighted by atomic mass is 9.78. The fourth-order valence-electron chi connectivity index (χ4n) is 3.55. The number of hydrogen-bond donors (Lipinski definition) is 2. The summed E-state index contributed by atoms with van der Waals surface area (Å²) < 4.78 is 5.61. The molecule has 4 rings (SSSR count). The first-order chi connectivity index (χ1) is 15.0. The quantitative estimate of drug-likeness (QED) is 0.331. The molecule has 0 saturated carbocycles. The molecule has 0 spiro atoms. The molecule has 31 heavy (non-hydrogen) atoms. The Bertz CT molecular complexity index is 1190. The molecule has 4 aromatic rings. The van der Waals surface area contributed by atoms with Crippen LogP contribution in [0.2, 0.25) is 0 Å². The van der Waals surface area contributed by atoms with E-state index in [1.54, 1.807) is 6.21 Å². The minimum Gasteiger partial charge on any atom is -0.484 e. The molecule has 3 aromatic carbocycles. The SMILES string of the molecule is CC(C)(c1ccccc1)c1ccc(OCC(=O)NN=Cc2c[nH]c3ccccc23)cc1. The van der Waals surface area contributed by atoms with Crippen molar-refractivity contribution < 1.29 is 9.53 Å². The summed E-state index contributed by atoms with van der Waals surface area (Å²) in [6, 6.07) is 26.2. The van der Waals surface area contributed by atoms with Crippen LogP contribution in [-0.2, 0) is 10.2 Å². The molecule has 5 heteroatoms. The number of nitrogens with zero attached hydrogens (tertiary/aromatic N) is 1. The first-order valence-corrected chi connectivity index (χ1v) is 10.2. The summed E-state index contributed by atoms with van der Waals surface area (Å²) in [4.78, 5) is 15.2. The van der Waals surface area contributed by atoms with Crippen molar-refractivity contribution in [2.75, 3.05) is 6.61 Å². The highest BCUT2D eigenvalue weighted by atomic mass is 16.5. The Labute approximate surface area is 181 Å². The predicted octanol–water partition coefficient (Wildman–Crippen LogP) is 5.02. The van der Waals surface area contributed by atoms with E-state index in [9.17, 15) is 4.79 Å². The zero-order valence-corrected chi connectivity index (χ0v) is 17.6. The van der Waals surface area contributed by atoms with Gasteiger partial charge in [0.25, 0.3) is 5.91 Å². The Morgan fingerprint density at radius 2 is 1.65 bits per heavy atom. The van der Waals surface area contributed by atoms with Gasteiger partial charge in [0.15, 0.2) is 6.61 Å². The molecule has 0 aliphatic heterocycles. The Morgan fingerprint density at radius 1 is 0.968 bits per heavy atom. The highest BCUT2D eigenvalue weighted by molar-refractivity contribution is 5.99. The summed E-state index contributed by atoms with van der Waals surface area (Å²) in [6.45, 7) is 4.28. The topological polar surface area (TPSA) is 66.5 Å². The third kappa shape index (κ3) is 4.67. The molecule has 1 aromatic heterocycles. The normalized spacial score (nSPS) is 11.7. The van der Waals surface area contributed by atoms with Gasteiger partial charge in [-0.05, 0) is 29.3 Å². The van der Waals surface area contributed by atoms with Crippen LogP contribution < -0.4 is 10.2 Å². The van der Waals surface area contributed by atoms with Gasteiger partial charge < -0.3 is 9.72 Å². The molecule has 0 bridgehead atoms. The monoisotopic (exact) mass is 411 g/mol. The fourth-order valence-corrected chi connectivity index (χ4v) is 3.55. The number of ether oxygens (including phenoxy) is 1. The van der Waals surface area contributed by atoms with Crippen LogP contribution in [0.25, 0.3) is 10.9 Å². The molecule has 0 aliphatic carbocycles. The number of nitrogens with one attached hydrogen (secondary N) is 2. The van der Waals surface area contributed by atoms with Gasteiger partial charge in [-0.15, -0.1) is 0 Å². The number of hydrogen-bond acceptors (Lipinski definition) is 3. The van der Waals surface area contributed by atoms with E-state index < -0.39 is 0 Å². The van der Waals surface area contributed by atoms with Gasteiger partial charge in [0, 0.05) is 28.1 Å². The number of aromatic nitrogens is 1. The molecule has 156 valence electrons. The summed E-state index contributed by atoms with van der Waals surface area (Å²) in [6.07, 6.45) is 3.48. The third-order valence-corrected chi connectivity index (χ3v) is 5.46. The van der Waals surface area contributed by atoms with E-state index in [2.05, 4.69) is 41.5 Å². The van der Waals surface area contributed by atoms with Crippen molar-refractivity contribution in [2.45, 2.75) is 19.3 Å². The smallest absolute Gasteiger partial charge is 0.277 e. The van der Waals surface area contributed by atoms with Gasteiger partial charge in [0.05, 0.1) is 6.21 Å². The molecular formula is C26H25N3O2. The van der Waals surface area contributed by atoms with Crippen LogP contribution >= 0.6 is 0 Å². The number of rotatable bonds is 7. The minimum absolute atomic E-state index is 0.105. The van der Waals surface area contributed by atoms with Crippen molar-refractivity contribution in [3.63, 3.8) is 0 Å². The molecule has 0 fully saturated rings. The lowest BCUT2D eigenvalue weighted by Crippen LogP contribution is -2.24. The summed E-state index contributed by atoms with van der Waals surface area (Å²) in [5, 5.41) is 5.08. The van der Waals surface area contributed by atoms with Gasteiger partial charge in [0.1, 0.15) is 5.75 Å². The van der Waals surface area contributed by atoms with E-state index in [-0.39, 0.29) is 17.9 Å². The highest BCUT2D eigenvalue weighted by Crippen LogP contribution is 2.32. The van der Waals surface area contributed by atoms with E-state index in [0.717, 1.165) is 16.5 Å². The lowest BCUT2D eigenvalue weighted by Gasteiger charge is -2.26. The molecular weight excluding hydrogens is 386 g/mol. The third-order valence-electron chi connectivity index (χ3n) is 5.46. The van der Waals surface area contributed by atoms with Gasteiger partial charge in [-0.1, -0.05) is 74.5 Å². The van der Waals surface area contributed by atoms with Crippen molar-refractivity contribution in [2.24, 2.45) is 5.10 Å². The average molecular weight is 412 g/mol. The van der Waals surface area contributed by atoms with Crippen molar-refractivity contribution in [3.8, 4) is 5.75 Å². The zero-order chi connectivity index (χ0) is 21.7. The maximum atomic E-state index is 12.1. The fraction of sp³-hybridized carbons (Fsp3) is 0.154. The maximum absolute atomic E-state index is 12.1. The van der Waals surface area contributed by atoms with Crippen molar-refractivity contribution >= 4 is 23.0 Å². The summed E-state index contributed by atoms with van der Waals surface area (Å²) >= 11 is 0. The highest BCUT2D eigenvalue weighted by Gasteiger charge is 2.22. The number of amides is 1. The van der Waals surface area contributed by atoms with Gasteiger partial charge in [-0.25, -0.2) is 5.43 Å². The Kier molecular flexibility index (Phi) is 5.85. The van der Waals surface area contributed by atoms with E-state index in [1.807, 2.05) is 72.9 Å². The summed E-state index contributed by atoms with van der Waals surface area (Å²) in [5.41, 5.74) is 6.75. The van der Waals surface area contributed by atoms with Crippen LogP contribution in [0, 0.1) is 0 Å². The van der Waals surface area contributed by atoms with Crippen LogP contribution in [0.1, 0.15) is 30.5 Å². The second kappa shape index (κ2) is 8.88.